The van der Waals surface area contributed by atoms with Crippen molar-refractivity contribution in [2.45, 2.75) is 86.5 Å². The molecule has 24 heavy (non-hydrogen) atoms. The molecule has 0 aliphatic heterocycles. The van der Waals surface area contributed by atoms with Crippen LogP contribution in [0.2, 0.25) is 0 Å². The Balaban J connectivity index is 0.000000478. The molecule has 0 nitrogen and oxygen atoms in total. The Morgan fingerprint density at radius 2 is 1.75 bits per heavy atom. The van der Waals surface area contributed by atoms with Gasteiger partial charge in [0.2, 0.25) is 0 Å². The molecule has 1 unspecified atom stereocenters. The smallest absolute Gasteiger partial charge is 0.109 e. The van der Waals surface area contributed by atoms with Crippen LogP contribution < -0.4 is 0 Å². The number of rotatable bonds is 6. The summed E-state index contributed by atoms with van der Waals surface area (Å²) in [7, 11) is 0. The quantitative estimate of drug-likeness (QED) is 0.414. The Hall–Kier alpha value is -0.287. The van der Waals surface area contributed by atoms with Crippen LogP contribution in [0.4, 0.5) is 0 Å². The zero-order chi connectivity index (χ0) is 18.4. The van der Waals surface area contributed by atoms with E-state index in [-0.39, 0.29) is 0 Å². The van der Waals surface area contributed by atoms with Gasteiger partial charge in [-0.1, -0.05) is 65.7 Å². The molecule has 0 N–H and O–H groups in total. The molecule has 0 fully saturated rings. The summed E-state index contributed by atoms with van der Waals surface area (Å²) in [5, 5.41) is 0. The second-order valence-electron chi connectivity index (χ2n) is 6.70. The van der Waals surface area contributed by atoms with Crippen LogP contribution in [0.5, 0.6) is 0 Å². The van der Waals surface area contributed by atoms with Crippen molar-refractivity contribution in [3.63, 3.8) is 0 Å². The van der Waals surface area contributed by atoms with Crippen LogP contribution in [-0.2, 0) is 24.2 Å². The van der Waals surface area contributed by atoms with Crippen LogP contribution in [0.1, 0.15) is 86.5 Å². The van der Waals surface area contributed by atoms with E-state index < -0.39 is 0 Å². The van der Waals surface area contributed by atoms with Crippen molar-refractivity contribution >= 4 is 3.21 Å². The average molecular weight is 404 g/mol. The van der Waals surface area contributed by atoms with Gasteiger partial charge in [0, 0.05) is 0 Å². The first-order chi connectivity index (χ1) is 11.4. The predicted octanol–water partition coefficient (Wildman–Crippen LogP) is 7.11. The van der Waals surface area contributed by atoms with Gasteiger partial charge in [0.1, 0.15) is 0 Å². The fourth-order valence-electron chi connectivity index (χ4n) is 2.78. The molecule has 0 aromatic carbocycles. The predicted molar refractivity (Wildman–Crippen MR) is 106 cm³/mol. The molecule has 132 valence electrons. The molecule has 0 aromatic rings. The van der Waals surface area contributed by atoms with Gasteiger partial charge in [-0.3, -0.25) is 12.2 Å². The molecule has 2 aliphatic rings. The van der Waals surface area contributed by atoms with Gasteiger partial charge in [-0.15, -0.1) is 6.42 Å². The van der Waals surface area contributed by atoms with Crippen molar-refractivity contribution < 1.29 is 24.2 Å². The molecular weight excluding hydrogens is 367 g/mol. The molecule has 0 heterocycles. The molecule has 0 bridgehead atoms. The van der Waals surface area contributed by atoms with Crippen LogP contribution in [0.3, 0.4) is 0 Å². The van der Waals surface area contributed by atoms with E-state index in [9.17, 15) is 0 Å². The van der Waals surface area contributed by atoms with Gasteiger partial charge in [-0.2, -0.15) is 17.2 Å². The summed E-state index contributed by atoms with van der Waals surface area (Å²) in [6, 6.07) is 0. The second kappa shape index (κ2) is 15.0. The van der Waals surface area contributed by atoms with E-state index in [1.54, 1.807) is 35.4 Å². The van der Waals surface area contributed by atoms with E-state index in [1.807, 2.05) is 12.2 Å². The Morgan fingerprint density at radius 1 is 1.17 bits per heavy atom. The maximum atomic E-state index is 3.58. The first-order valence-electron chi connectivity index (χ1n) is 9.49. The molecule has 0 saturated heterocycles. The molecule has 2 rings (SSSR count). The molecule has 0 saturated carbocycles. The van der Waals surface area contributed by atoms with E-state index in [1.165, 1.54) is 47.3 Å². The van der Waals surface area contributed by atoms with Gasteiger partial charge < -0.3 is 0 Å². The number of allylic oxidation sites excluding steroid dienone is 8. The number of hydrogen-bond donors (Lipinski definition) is 0. The van der Waals surface area contributed by atoms with E-state index in [4.69, 9.17) is 0 Å². The average Bonchev–Trinajstić information content (AvgIpc) is 3.15. The Morgan fingerprint density at radius 3 is 2.17 bits per heavy atom. The Bertz CT molecular complexity index is 460. The van der Waals surface area contributed by atoms with Gasteiger partial charge in [0.15, 0.2) is 0 Å². The molecule has 1 atom stereocenters. The normalized spacial score (nSPS) is 18.0. The number of unbranched alkanes of at least 4 members (excludes halogenated alkanes) is 2. The molecule has 0 radical (unpaired) electrons. The minimum atomic E-state index is 0.586. The first-order valence-corrected chi connectivity index (χ1v) is 10.7. The molecule has 1 heteroatoms. The summed E-state index contributed by atoms with van der Waals surface area (Å²) in [6.45, 7) is 13.3. The third-order valence-electron chi connectivity index (χ3n) is 3.96. The zero-order valence-corrected chi connectivity index (χ0v) is 19.2. The van der Waals surface area contributed by atoms with E-state index in [2.05, 4.69) is 59.8 Å². The summed E-state index contributed by atoms with van der Waals surface area (Å²) in [5.74, 6) is 0.586. The topological polar surface area (TPSA) is 0 Å². The molecule has 0 amide bonds. The molecule has 0 spiro atoms. The standard InChI is InChI=1S/C15H25.C5H5.C3H6.Zr/c1-5-7-9-14-12(3)11-13(4)15(14)10-8-6-2;1-2-4-5-3-1;1-3-2;/h12H,5-10H2,1-4H3;1-3H,4H2;1-2H3;/q2*-1;;+2. The van der Waals surface area contributed by atoms with Crippen molar-refractivity contribution in [1.29, 1.82) is 0 Å². The van der Waals surface area contributed by atoms with Gasteiger partial charge in [-0.05, 0) is 6.42 Å². The van der Waals surface area contributed by atoms with Crippen molar-refractivity contribution in [2.24, 2.45) is 5.92 Å². The summed E-state index contributed by atoms with van der Waals surface area (Å²) in [5.41, 5.74) is 4.75. The fraction of sp³-hybridized carbons (Fsp3) is 0.609. The van der Waals surface area contributed by atoms with Crippen molar-refractivity contribution in [3.8, 4) is 0 Å². The maximum Gasteiger partial charge on any atom is -0.109 e. The van der Waals surface area contributed by atoms with Crippen LogP contribution in [0.15, 0.2) is 34.9 Å². The molecule has 2 aliphatic carbocycles. The summed E-state index contributed by atoms with van der Waals surface area (Å²) >= 11 is 1.55. The van der Waals surface area contributed by atoms with Gasteiger partial charge >= 0.3 is 41.3 Å². The van der Waals surface area contributed by atoms with Gasteiger partial charge in [0.25, 0.3) is 0 Å². The van der Waals surface area contributed by atoms with E-state index >= 15 is 0 Å². The maximum absolute atomic E-state index is 3.58. The van der Waals surface area contributed by atoms with Crippen LogP contribution in [0, 0.1) is 18.1 Å². The Kier molecular flexibility index (Phi) is 14.8. The summed E-state index contributed by atoms with van der Waals surface area (Å²) in [6.07, 6.45) is 21.4. The minimum Gasteiger partial charge on any atom is -0.273 e. The van der Waals surface area contributed by atoms with Crippen molar-refractivity contribution in [1.82, 2.24) is 0 Å². The summed E-state index contributed by atoms with van der Waals surface area (Å²) < 4.78 is 1.51. The SMILES string of the molecule is CCCCC1=C(CCCC)C(C)[C-]=C1C.C[C](C)=[Zr+2].[C-]1=CC=CC1. The van der Waals surface area contributed by atoms with E-state index in [0.717, 1.165) is 6.42 Å². The Labute approximate surface area is 166 Å². The molecular formula is C23H36Zr. The molecule has 0 aromatic heterocycles. The second-order valence-corrected chi connectivity index (χ2v) is 9.16. The van der Waals surface area contributed by atoms with Crippen molar-refractivity contribution in [2.75, 3.05) is 0 Å². The first kappa shape index (κ1) is 23.7. The van der Waals surface area contributed by atoms with Crippen LogP contribution in [0.25, 0.3) is 0 Å². The van der Waals surface area contributed by atoms with Crippen LogP contribution in [-0.4, -0.2) is 3.21 Å². The summed E-state index contributed by atoms with van der Waals surface area (Å²) in [4.78, 5) is 0. The monoisotopic (exact) mass is 402 g/mol. The third-order valence-corrected chi connectivity index (χ3v) is 3.96. The minimum absolute atomic E-state index is 0.586. The van der Waals surface area contributed by atoms with Gasteiger partial charge in [0.05, 0.1) is 0 Å². The fourth-order valence-corrected chi connectivity index (χ4v) is 2.78. The third kappa shape index (κ3) is 11.3. The van der Waals surface area contributed by atoms with Crippen LogP contribution >= 0.6 is 0 Å². The van der Waals surface area contributed by atoms with E-state index in [0.29, 0.717) is 5.92 Å². The van der Waals surface area contributed by atoms with Gasteiger partial charge in [-0.25, -0.2) is 17.7 Å². The largest absolute Gasteiger partial charge is 0.273 e. The number of hydrogen-bond acceptors (Lipinski definition) is 0. The zero-order valence-electron chi connectivity index (χ0n) is 16.8. The van der Waals surface area contributed by atoms with Crippen molar-refractivity contribution in [3.05, 3.63) is 47.1 Å².